The lowest BCUT2D eigenvalue weighted by Gasteiger charge is -2.24. The zero-order valence-electron chi connectivity index (χ0n) is 11.6. The van der Waals surface area contributed by atoms with E-state index in [9.17, 15) is 9.50 Å². The van der Waals surface area contributed by atoms with E-state index in [2.05, 4.69) is 0 Å². The zero-order chi connectivity index (χ0) is 14.4. The van der Waals surface area contributed by atoms with Crippen LogP contribution >= 0.6 is 0 Å². The molecule has 4 heteroatoms. The molecule has 2 aromatic rings. The Hall–Kier alpha value is -1.65. The van der Waals surface area contributed by atoms with Crippen LogP contribution in [0.25, 0.3) is 0 Å². The molecule has 1 N–H and O–H groups in total. The highest BCUT2D eigenvalue weighted by Crippen LogP contribution is 2.14. The first-order valence-electron chi connectivity index (χ1n) is 6.85. The number of furan rings is 1. The molecule has 0 fully saturated rings. The molecule has 1 aromatic heterocycles. The Bertz CT molecular complexity index is 513. The fourth-order valence-corrected chi connectivity index (χ4v) is 2.10. The van der Waals surface area contributed by atoms with Crippen molar-refractivity contribution in [2.45, 2.75) is 32.5 Å². The fourth-order valence-electron chi connectivity index (χ4n) is 2.10. The highest BCUT2D eigenvalue weighted by Gasteiger charge is 2.14. The number of hydrogen-bond acceptors (Lipinski definition) is 3. The van der Waals surface area contributed by atoms with E-state index in [4.69, 9.17) is 4.42 Å². The molecule has 1 heterocycles. The summed E-state index contributed by atoms with van der Waals surface area (Å²) >= 11 is 0. The second-order valence-electron chi connectivity index (χ2n) is 4.90. The molecule has 0 radical (unpaired) electrons. The van der Waals surface area contributed by atoms with Gasteiger partial charge in [-0.25, -0.2) is 4.39 Å². The maximum absolute atomic E-state index is 13.7. The van der Waals surface area contributed by atoms with Crippen LogP contribution in [0.4, 0.5) is 4.39 Å². The van der Waals surface area contributed by atoms with Gasteiger partial charge in [0.25, 0.3) is 0 Å². The molecule has 0 unspecified atom stereocenters. The molecule has 0 bridgehead atoms. The Morgan fingerprint density at radius 3 is 2.65 bits per heavy atom. The lowest BCUT2D eigenvalue weighted by atomic mass is 10.1. The number of halogens is 1. The van der Waals surface area contributed by atoms with Gasteiger partial charge in [-0.3, -0.25) is 4.90 Å². The van der Waals surface area contributed by atoms with Gasteiger partial charge in [0, 0.05) is 18.7 Å². The normalized spacial score (nSPS) is 12.8. The third-order valence-electron chi connectivity index (χ3n) is 3.25. The maximum Gasteiger partial charge on any atom is 0.127 e. The van der Waals surface area contributed by atoms with Crippen molar-refractivity contribution in [2.24, 2.45) is 0 Å². The van der Waals surface area contributed by atoms with Crippen molar-refractivity contribution in [3.63, 3.8) is 0 Å². The summed E-state index contributed by atoms with van der Waals surface area (Å²) in [6.07, 6.45) is 1.87. The summed E-state index contributed by atoms with van der Waals surface area (Å²) in [6.45, 7) is 3.42. The summed E-state index contributed by atoms with van der Waals surface area (Å²) in [5, 5.41) is 9.84. The summed E-state index contributed by atoms with van der Waals surface area (Å²) in [4.78, 5) is 1.99. The van der Waals surface area contributed by atoms with E-state index in [-0.39, 0.29) is 5.82 Å². The van der Waals surface area contributed by atoms with Gasteiger partial charge in [0.05, 0.1) is 18.9 Å². The van der Waals surface area contributed by atoms with E-state index in [0.717, 1.165) is 5.76 Å². The number of hydrogen-bond donors (Lipinski definition) is 1. The molecule has 0 saturated heterocycles. The Balaban J connectivity index is 2.07. The summed E-state index contributed by atoms with van der Waals surface area (Å²) < 4.78 is 19.1. The van der Waals surface area contributed by atoms with Crippen LogP contribution in [0.2, 0.25) is 0 Å². The fraction of sp³-hybridized carbons (Fsp3) is 0.375. The van der Waals surface area contributed by atoms with Gasteiger partial charge >= 0.3 is 0 Å². The lowest BCUT2D eigenvalue weighted by molar-refractivity contribution is 0.0967. The van der Waals surface area contributed by atoms with Crippen molar-refractivity contribution in [3.05, 3.63) is 59.8 Å². The van der Waals surface area contributed by atoms with Crippen molar-refractivity contribution in [1.82, 2.24) is 4.90 Å². The smallest absolute Gasteiger partial charge is 0.127 e. The molecular weight excluding hydrogens is 257 g/mol. The van der Waals surface area contributed by atoms with Crippen molar-refractivity contribution in [2.75, 3.05) is 6.54 Å². The maximum atomic E-state index is 13.7. The van der Waals surface area contributed by atoms with Crippen LogP contribution in [0.1, 0.15) is 24.7 Å². The molecule has 0 saturated carbocycles. The largest absolute Gasteiger partial charge is 0.468 e. The quantitative estimate of drug-likeness (QED) is 0.844. The zero-order valence-corrected chi connectivity index (χ0v) is 11.6. The Kier molecular flexibility index (Phi) is 5.32. The van der Waals surface area contributed by atoms with Crippen molar-refractivity contribution < 1.29 is 13.9 Å². The van der Waals surface area contributed by atoms with Gasteiger partial charge in [-0.05, 0) is 24.6 Å². The highest BCUT2D eigenvalue weighted by atomic mass is 19.1. The predicted octanol–water partition coefficient (Wildman–Crippen LogP) is 3.19. The van der Waals surface area contributed by atoms with Gasteiger partial charge in [0.1, 0.15) is 11.6 Å². The van der Waals surface area contributed by atoms with E-state index in [0.29, 0.717) is 31.6 Å². The number of rotatable bonds is 7. The Morgan fingerprint density at radius 1 is 1.20 bits per heavy atom. The van der Waals surface area contributed by atoms with Gasteiger partial charge in [0.15, 0.2) is 0 Å². The van der Waals surface area contributed by atoms with Crippen LogP contribution in [-0.4, -0.2) is 22.7 Å². The van der Waals surface area contributed by atoms with E-state index in [1.807, 2.05) is 30.0 Å². The highest BCUT2D eigenvalue weighted by molar-refractivity contribution is 5.17. The van der Waals surface area contributed by atoms with Crippen LogP contribution in [0.3, 0.4) is 0 Å². The minimum Gasteiger partial charge on any atom is -0.468 e. The first-order valence-corrected chi connectivity index (χ1v) is 6.85. The molecule has 1 aromatic carbocycles. The summed E-state index contributed by atoms with van der Waals surface area (Å²) in [6, 6.07) is 10.4. The van der Waals surface area contributed by atoms with Crippen molar-refractivity contribution >= 4 is 0 Å². The van der Waals surface area contributed by atoms with Crippen LogP contribution in [0.5, 0.6) is 0 Å². The van der Waals surface area contributed by atoms with Crippen LogP contribution in [0.15, 0.2) is 47.1 Å². The third-order valence-corrected chi connectivity index (χ3v) is 3.25. The van der Waals surface area contributed by atoms with E-state index in [1.54, 1.807) is 18.4 Å². The average Bonchev–Trinajstić information content (AvgIpc) is 2.94. The van der Waals surface area contributed by atoms with Gasteiger partial charge in [0.2, 0.25) is 0 Å². The number of nitrogens with zero attached hydrogens (tertiary/aromatic N) is 1. The molecule has 2 rings (SSSR count). The molecular formula is C16H20FNO2. The minimum absolute atomic E-state index is 0.220. The monoisotopic (exact) mass is 277 g/mol. The molecule has 0 amide bonds. The van der Waals surface area contributed by atoms with Crippen molar-refractivity contribution in [1.29, 1.82) is 0 Å². The third kappa shape index (κ3) is 4.18. The second kappa shape index (κ2) is 7.22. The van der Waals surface area contributed by atoms with Crippen LogP contribution in [-0.2, 0) is 13.1 Å². The SMILES string of the molecule is CC[C@@H](O)CN(Cc1ccco1)Cc1ccccc1F. The first-order chi connectivity index (χ1) is 9.69. The lowest BCUT2D eigenvalue weighted by Crippen LogP contribution is -2.31. The topological polar surface area (TPSA) is 36.6 Å². The van der Waals surface area contributed by atoms with E-state index < -0.39 is 6.10 Å². The minimum atomic E-state index is -0.420. The van der Waals surface area contributed by atoms with Gasteiger partial charge < -0.3 is 9.52 Å². The number of aliphatic hydroxyl groups excluding tert-OH is 1. The molecule has 20 heavy (non-hydrogen) atoms. The summed E-state index contributed by atoms with van der Waals surface area (Å²) in [7, 11) is 0. The summed E-state index contributed by atoms with van der Waals surface area (Å²) in [5.74, 6) is 0.590. The number of benzene rings is 1. The second-order valence-corrected chi connectivity index (χ2v) is 4.90. The molecule has 0 aliphatic heterocycles. The van der Waals surface area contributed by atoms with Gasteiger partial charge in [-0.2, -0.15) is 0 Å². The molecule has 0 aliphatic carbocycles. The van der Waals surface area contributed by atoms with Gasteiger partial charge in [-0.15, -0.1) is 0 Å². The Morgan fingerprint density at radius 2 is 2.00 bits per heavy atom. The van der Waals surface area contributed by atoms with E-state index in [1.165, 1.54) is 6.07 Å². The van der Waals surface area contributed by atoms with Crippen LogP contribution in [0, 0.1) is 5.82 Å². The van der Waals surface area contributed by atoms with Crippen LogP contribution < -0.4 is 0 Å². The molecule has 1 atom stereocenters. The standard InChI is InChI=1S/C16H20FNO2/c1-2-14(19)11-18(12-15-7-5-9-20-15)10-13-6-3-4-8-16(13)17/h3-9,14,19H,2,10-12H2,1H3/t14-/m1/s1. The average molecular weight is 277 g/mol. The summed E-state index contributed by atoms with van der Waals surface area (Å²) in [5.41, 5.74) is 0.627. The Labute approximate surface area is 118 Å². The van der Waals surface area contributed by atoms with Crippen molar-refractivity contribution in [3.8, 4) is 0 Å². The molecule has 3 nitrogen and oxygen atoms in total. The molecule has 108 valence electrons. The van der Waals surface area contributed by atoms with Gasteiger partial charge in [-0.1, -0.05) is 25.1 Å². The predicted molar refractivity (Wildman–Crippen MR) is 75.5 cm³/mol. The first kappa shape index (κ1) is 14.8. The van der Waals surface area contributed by atoms with E-state index >= 15 is 0 Å². The molecule has 0 aliphatic rings. The molecule has 0 spiro atoms. The number of aliphatic hydroxyl groups is 1.